The number of thiophene rings is 1. The molecule has 0 fully saturated rings. The van der Waals surface area contributed by atoms with Gasteiger partial charge in [0, 0.05) is 5.56 Å². The van der Waals surface area contributed by atoms with E-state index in [1.807, 2.05) is 24.4 Å². The smallest absolute Gasteiger partial charge is 0.169 e. The predicted molar refractivity (Wildman–Crippen MR) is 85.3 cm³/mol. The highest BCUT2D eigenvalue weighted by Gasteiger charge is 2.19. The van der Waals surface area contributed by atoms with Crippen molar-refractivity contribution >= 4 is 23.1 Å². The zero-order valence-electron chi connectivity index (χ0n) is 12.9. The van der Waals surface area contributed by atoms with E-state index in [1.54, 1.807) is 40.9 Å². The zero-order valence-corrected chi connectivity index (χ0v) is 13.7. The second-order valence-electron chi connectivity index (χ2n) is 5.03. The SMILES string of the molecule is CCOc1ccc(C(=O)C[C@H]([NH2+]Cc2cccs2)C(=O)[O-])cc1. The number of carboxylic acid groups (broad SMARTS) is 1. The largest absolute Gasteiger partial charge is 0.544 e. The summed E-state index contributed by atoms with van der Waals surface area (Å²) in [5.74, 6) is -0.754. The molecule has 23 heavy (non-hydrogen) atoms. The first-order chi connectivity index (χ1) is 11.1. The summed E-state index contributed by atoms with van der Waals surface area (Å²) in [6, 6.07) is 9.67. The fourth-order valence-corrected chi connectivity index (χ4v) is 2.85. The van der Waals surface area contributed by atoms with Crippen molar-refractivity contribution in [3.63, 3.8) is 0 Å². The second kappa shape index (κ2) is 8.45. The summed E-state index contributed by atoms with van der Waals surface area (Å²) in [7, 11) is 0. The number of ketones is 1. The van der Waals surface area contributed by atoms with Crippen LogP contribution >= 0.6 is 11.3 Å². The molecule has 2 N–H and O–H groups in total. The van der Waals surface area contributed by atoms with E-state index < -0.39 is 12.0 Å². The van der Waals surface area contributed by atoms with Gasteiger partial charge < -0.3 is 20.0 Å². The Hall–Kier alpha value is -2.18. The molecule has 6 heteroatoms. The normalized spacial score (nSPS) is 11.9. The van der Waals surface area contributed by atoms with Gasteiger partial charge in [-0.3, -0.25) is 4.79 Å². The summed E-state index contributed by atoms with van der Waals surface area (Å²) in [4.78, 5) is 24.6. The molecule has 2 aromatic rings. The van der Waals surface area contributed by atoms with Crippen molar-refractivity contribution in [1.29, 1.82) is 0 Å². The van der Waals surface area contributed by atoms with Crippen LogP contribution in [0.4, 0.5) is 0 Å². The van der Waals surface area contributed by atoms with E-state index in [0.29, 0.717) is 24.5 Å². The number of aliphatic carboxylic acids is 1. The molecule has 1 heterocycles. The standard InChI is InChI=1S/C17H19NO4S/c1-2-22-13-7-5-12(6-8-13)16(19)10-15(17(20)21)18-11-14-4-3-9-23-14/h3-9,15,18H,2,10-11H2,1H3,(H,20,21)/t15-/m0/s1. The van der Waals surface area contributed by atoms with Crippen LogP contribution in [0, 0.1) is 0 Å². The van der Waals surface area contributed by atoms with Gasteiger partial charge in [-0.15, -0.1) is 11.3 Å². The van der Waals surface area contributed by atoms with Crippen LogP contribution in [-0.2, 0) is 11.3 Å². The molecule has 0 saturated carbocycles. The average Bonchev–Trinajstić information content (AvgIpc) is 3.05. The Balaban J connectivity index is 1.95. The molecule has 0 amide bonds. The minimum atomic E-state index is -1.22. The minimum absolute atomic E-state index is 0.0955. The van der Waals surface area contributed by atoms with E-state index in [4.69, 9.17) is 4.74 Å². The maximum atomic E-state index is 12.2. The first-order valence-electron chi connectivity index (χ1n) is 7.42. The van der Waals surface area contributed by atoms with Crippen LogP contribution in [0.2, 0.25) is 0 Å². The van der Waals surface area contributed by atoms with Gasteiger partial charge in [-0.25, -0.2) is 0 Å². The molecule has 0 bridgehead atoms. The lowest BCUT2D eigenvalue weighted by molar-refractivity contribution is -0.696. The number of hydrogen-bond donors (Lipinski definition) is 1. The van der Waals surface area contributed by atoms with Crippen LogP contribution in [0.3, 0.4) is 0 Å². The number of benzene rings is 1. The van der Waals surface area contributed by atoms with Crippen molar-refractivity contribution in [2.24, 2.45) is 0 Å². The van der Waals surface area contributed by atoms with Gasteiger partial charge in [-0.2, -0.15) is 0 Å². The van der Waals surface area contributed by atoms with Crippen molar-refractivity contribution in [2.45, 2.75) is 25.9 Å². The molecular formula is C17H19NO4S. The summed E-state index contributed by atoms with van der Waals surface area (Å²) >= 11 is 1.55. The highest BCUT2D eigenvalue weighted by Crippen LogP contribution is 2.14. The van der Waals surface area contributed by atoms with Crippen LogP contribution in [0.15, 0.2) is 41.8 Å². The molecule has 1 atom stereocenters. The van der Waals surface area contributed by atoms with Gasteiger partial charge in [0.05, 0.1) is 23.9 Å². The number of nitrogens with two attached hydrogens (primary N) is 1. The Morgan fingerprint density at radius 3 is 2.57 bits per heavy atom. The van der Waals surface area contributed by atoms with Crippen molar-refractivity contribution in [3.8, 4) is 5.75 Å². The van der Waals surface area contributed by atoms with Crippen LogP contribution in [0.25, 0.3) is 0 Å². The molecule has 1 aromatic heterocycles. The van der Waals surface area contributed by atoms with E-state index in [0.717, 1.165) is 4.88 Å². The number of ether oxygens (including phenoxy) is 1. The zero-order chi connectivity index (χ0) is 16.7. The number of Topliss-reactive ketones (excluding diaryl/α,β-unsaturated/α-hetero) is 1. The summed E-state index contributed by atoms with van der Waals surface area (Å²) in [6.45, 7) is 2.96. The summed E-state index contributed by atoms with van der Waals surface area (Å²) in [5, 5.41) is 14.8. The third kappa shape index (κ3) is 5.19. The summed E-state index contributed by atoms with van der Waals surface area (Å²) < 4.78 is 5.32. The quantitative estimate of drug-likeness (QED) is 0.681. The molecule has 0 aliphatic rings. The molecule has 2 rings (SSSR count). The lowest BCUT2D eigenvalue weighted by atomic mass is 10.0. The Kier molecular flexibility index (Phi) is 6.31. The van der Waals surface area contributed by atoms with E-state index in [9.17, 15) is 14.7 Å². The fraction of sp³-hybridized carbons (Fsp3) is 0.294. The Morgan fingerprint density at radius 2 is 2.00 bits per heavy atom. The number of rotatable bonds is 9. The summed E-state index contributed by atoms with van der Waals surface area (Å²) in [5.41, 5.74) is 0.476. The maximum absolute atomic E-state index is 12.2. The molecule has 122 valence electrons. The van der Waals surface area contributed by atoms with Gasteiger partial charge >= 0.3 is 0 Å². The lowest BCUT2D eigenvalue weighted by Crippen LogP contribution is -2.92. The highest BCUT2D eigenvalue weighted by molar-refractivity contribution is 7.09. The number of hydrogen-bond acceptors (Lipinski definition) is 5. The first-order valence-corrected chi connectivity index (χ1v) is 8.30. The lowest BCUT2D eigenvalue weighted by Gasteiger charge is -2.15. The molecule has 5 nitrogen and oxygen atoms in total. The van der Waals surface area contributed by atoms with Crippen molar-refractivity contribution in [3.05, 3.63) is 52.2 Å². The van der Waals surface area contributed by atoms with Gasteiger partial charge in [0.15, 0.2) is 5.78 Å². The summed E-state index contributed by atoms with van der Waals surface area (Å²) in [6.07, 6.45) is -0.0955. The highest BCUT2D eigenvalue weighted by atomic mass is 32.1. The minimum Gasteiger partial charge on any atom is -0.544 e. The monoisotopic (exact) mass is 333 g/mol. The topological polar surface area (TPSA) is 83.0 Å². The third-order valence-corrected chi connectivity index (χ3v) is 4.28. The second-order valence-corrected chi connectivity index (χ2v) is 6.06. The molecular weight excluding hydrogens is 314 g/mol. The van der Waals surface area contributed by atoms with Gasteiger partial charge in [0.1, 0.15) is 18.3 Å². The Labute approximate surface area is 138 Å². The fourth-order valence-electron chi connectivity index (χ4n) is 2.17. The Morgan fingerprint density at radius 1 is 1.26 bits per heavy atom. The van der Waals surface area contributed by atoms with Crippen molar-refractivity contribution in [1.82, 2.24) is 0 Å². The van der Waals surface area contributed by atoms with Crippen LogP contribution in [-0.4, -0.2) is 24.4 Å². The van der Waals surface area contributed by atoms with E-state index >= 15 is 0 Å². The number of carbonyl (C=O) groups is 2. The first kappa shape index (κ1) is 17.2. The molecule has 0 aliphatic heterocycles. The van der Waals surface area contributed by atoms with Crippen LogP contribution < -0.4 is 15.2 Å². The van der Waals surface area contributed by atoms with Gasteiger partial charge in [-0.1, -0.05) is 6.07 Å². The van der Waals surface area contributed by atoms with Crippen LogP contribution in [0.1, 0.15) is 28.6 Å². The van der Waals surface area contributed by atoms with Crippen molar-refractivity contribution in [2.75, 3.05) is 6.61 Å². The van der Waals surface area contributed by atoms with Crippen molar-refractivity contribution < 1.29 is 24.7 Å². The molecule has 0 spiro atoms. The number of carboxylic acids is 1. The number of quaternary nitrogens is 1. The molecule has 0 saturated heterocycles. The van der Waals surface area contributed by atoms with E-state index in [2.05, 4.69) is 0 Å². The molecule has 0 radical (unpaired) electrons. The average molecular weight is 333 g/mol. The van der Waals surface area contributed by atoms with Gasteiger partial charge in [0.25, 0.3) is 0 Å². The predicted octanol–water partition coefficient (Wildman–Crippen LogP) is 0.602. The van der Waals surface area contributed by atoms with E-state index in [1.165, 1.54) is 0 Å². The third-order valence-electron chi connectivity index (χ3n) is 3.38. The Bertz CT molecular complexity index is 637. The maximum Gasteiger partial charge on any atom is 0.169 e. The number of carbonyl (C=O) groups excluding carboxylic acids is 2. The van der Waals surface area contributed by atoms with Crippen LogP contribution in [0.5, 0.6) is 5.75 Å². The van der Waals surface area contributed by atoms with Gasteiger partial charge in [0.2, 0.25) is 0 Å². The molecule has 1 aromatic carbocycles. The van der Waals surface area contributed by atoms with E-state index in [-0.39, 0.29) is 12.2 Å². The molecule has 0 unspecified atom stereocenters. The molecule has 0 aliphatic carbocycles. The van der Waals surface area contributed by atoms with Gasteiger partial charge in [-0.05, 0) is 42.6 Å².